The summed E-state index contributed by atoms with van der Waals surface area (Å²) in [7, 11) is 3.20. The van der Waals surface area contributed by atoms with Crippen LogP contribution in [0.5, 0.6) is 11.5 Å². The average Bonchev–Trinajstić information content (AvgIpc) is 2.82. The zero-order chi connectivity index (χ0) is 22.0. The van der Waals surface area contributed by atoms with Crippen molar-refractivity contribution in [1.82, 2.24) is 19.7 Å². The van der Waals surface area contributed by atoms with E-state index in [1.165, 1.54) is 10.7 Å². The van der Waals surface area contributed by atoms with Gasteiger partial charge in [-0.1, -0.05) is 0 Å². The van der Waals surface area contributed by atoms with Gasteiger partial charge in [-0.05, 0) is 54.8 Å². The summed E-state index contributed by atoms with van der Waals surface area (Å²) in [5.41, 5.74) is 3.26. The molecular weight excluding hydrogens is 396 g/mol. The van der Waals surface area contributed by atoms with E-state index in [1.807, 2.05) is 24.3 Å². The normalized spacial score (nSPS) is 14.0. The van der Waals surface area contributed by atoms with Crippen LogP contribution in [-0.4, -0.2) is 46.3 Å². The van der Waals surface area contributed by atoms with E-state index in [4.69, 9.17) is 9.47 Å². The Morgan fingerprint density at radius 3 is 2.39 bits per heavy atom. The van der Waals surface area contributed by atoms with Gasteiger partial charge in [0.1, 0.15) is 6.04 Å². The molecule has 160 valence electrons. The van der Waals surface area contributed by atoms with Crippen molar-refractivity contribution in [1.29, 1.82) is 0 Å². The molecule has 1 aliphatic rings. The molecule has 1 unspecified atom stereocenters. The first-order valence-electron chi connectivity index (χ1n) is 10.0. The number of rotatable bonds is 5. The summed E-state index contributed by atoms with van der Waals surface area (Å²) in [5.74, 6) is 1.16. The molecule has 0 bridgehead atoms. The van der Waals surface area contributed by atoms with Crippen LogP contribution in [0.15, 0.2) is 53.6 Å². The Morgan fingerprint density at radius 1 is 1.03 bits per heavy atom. The van der Waals surface area contributed by atoms with E-state index in [-0.39, 0.29) is 11.5 Å². The lowest BCUT2D eigenvalue weighted by Gasteiger charge is -2.31. The first kappa shape index (κ1) is 20.6. The molecule has 0 N–H and O–H groups in total. The van der Waals surface area contributed by atoms with Gasteiger partial charge in [-0.2, -0.15) is 5.10 Å². The van der Waals surface area contributed by atoms with Crippen LogP contribution in [0.25, 0.3) is 11.3 Å². The van der Waals surface area contributed by atoms with Gasteiger partial charge in [0.2, 0.25) is 5.91 Å². The van der Waals surface area contributed by atoms with E-state index in [2.05, 4.69) is 10.1 Å². The third kappa shape index (κ3) is 4.01. The number of nitrogens with zero attached hydrogens (tertiary/aromatic N) is 4. The van der Waals surface area contributed by atoms with Crippen molar-refractivity contribution >= 4 is 5.91 Å². The number of pyridine rings is 1. The Balaban J connectivity index is 1.59. The maximum Gasteiger partial charge on any atom is 0.267 e. The standard InChI is InChI=1S/C23H24N4O4/c1-15(27-22(28)5-4-19(25-27)16-6-9-24-10-7-16)23(29)26-11-8-17-12-20(30-2)21(31-3)13-18(17)14-26/h4-7,9-10,12-13,15H,8,11,14H2,1-3H3. The summed E-state index contributed by atoms with van der Waals surface area (Å²) in [5, 5.41) is 4.45. The second-order valence-corrected chi connectivity index (χ2v) is 7.40. The van der Waals surface area contributed by atoms with Gasteiger partial charge < -0.3 is 14.4 Å². The molecule has 8 heteroatoms. The van der Waals surface area contributed by atoms with E-state index in [0.29, 0.717) is 36.7 Å². The van der Waals surface area contributed by atoms with E-state index in [9.17, 15) is 9.59 Å². The minimum Gasteiger partial charge on any atom is -0.493 e. The van der Waals surface area contributed by atoms with Crippen LogP contribution >= 0.6 is 0 Å². The first-order valence-corrected chi connectivity index (χ1v) is 10.0. The fourth-order valence-corrected chi connectivity index (χ4v) is 3.82. The van der Waals surface area contributed by atoms with Crippen LogP contribution in [0.1, 0.15) is 24.1 Å². The van der Waals surface area contributed by atoms with Crippen molar-refractivity contribution in [2.24, 2.45) is 0 Å². The van der Waals surface area contributed by atoms with Crippen LogP contribution in [0, 0.1) is 0 Å². The fraction of sp³-hybridized carbons (Fsp3) is 0.304. The summed E-state index contributed by atoms with van der Waals surface area (Å²) in [6.07, 6.45) is 4.03. The Morgan fingerprint density at radius 2 is 1.71 bits per heavy atom. The molecule has 1 aromatic carbocycles. The van der Waals surface area contributed by atoms with E-state index < -0.39 is 6.04 Å². The quantitative estimate of drug-likeness (QED) is 0.630. The van der Waals surface area contributed by atoms with Gasteiger partial charge in [-0.3, -0.25) is 14.6 Å². The molecule has 0 saturated carbocycles. The number of carbonyl (C=O) groups excluding carboxylic acids is 1. The lowest BCUT2D eigenvalue weighted by Crippen LogP contribution is -2.42. The zero-order valence-electron chi connectivity index (χ0n) is 17.7. The van der Waals surface area contributed by atoms with Crippen molar-refractivity contribution in [2.45, 2.75) is 25.9 Å². The van der Waals surface area contributed by atoms with E-state index >= 15 is 0 Å². The molecule has 31 heavy (non-hydrogen) atoms. The van der Waals surface area contributed by atoms with Crippen molar-refractivity contribution in [3.8, 4) is 22.8 Å². The van der Waals surface area contributed by atoms with Crippen molar-refractivity contribution in [2.75, 3.05) is 20.8 Å². The van der Waals surface area contributed by atoms with Gasteiger partial charge >= 0.3 is 0 Å². The second kappa shape index (κ2) is 8.59. The summed E-state index contributed by atoms with van der Waals surface area (Å²) >= 11 is 0. The number of carbonyl (C=O) groups is 1. The molecule has 0 radical (unpaired) electrons. The molecule has 2 aromatic heterocycles. The highest BCUT2D eigenvalue weighted by Crippen LogP contribution is 2.33. The number of ether oxygens (including phenoxy) is 2. The molecule has 0 aliphatic carbocycles. The monoisotopic (exact) mass is 420 g/mol. The SMILES string of the molecule is COc1cc2c(cc1OC)CN(C(=O)C(C)n1nc(-c3ccncc3)ccc1=O)CC2. The van der Waals surface area contributed by atoms with E-state index in [0.717, 1.165) is 16.7 Å². The maximum atomic E-state index is 13.2. The number of fused-ring (bicyclic) bond motifs is 1. The first-order chi connectivity index (χ1) is 15.0. The van der Waals surface area contributed by atoms with Crippen molar-refractivity contribution < 1.29 is 14.3 Å². The Kier molecular flexibility index (Phi) is 5.70. The molecular formula is C23H24N4O4. The summed E-state index contributed by atoms with van der Waals surface area (Å²) in [4.78, 5) is 31.5. The molecule has 8 nitrogen and oxygen atoms in total. The van der Waals surface area contributed by atoms with Crippen LogP contribution in [0.4, 0.5) is 0 Å². The molecule has 0 spiro atoms. The number of amides is 1. The van der Waals surface area contributed by atoms with Gasteiger partial charge in [0.25, 0.3) is 5.56 Å². The topological polar surface area (TPSA) is 86.6 Å². The summed E-state index contributed by atoms with van der Waals surface area (Å²) in [6.45, 7) is 2.71. The van der Waals surface area contributed by atoms with Crippen LogP contribution in [-0.2, 0) is 17.8 Å². The summed E-state index contributed by atoms with van der Waals surface area (Å²) in [6, 6.07) is 9.86. The van der Waals surface area contributed by atoms with Gasteiger partial charge in [0.05, 0.1) is 19.9 Å². The maximum absolute atomic E-state index is 13.2. The molecule has 0 fully saturated rings. The minimum absolute atomic E-state index is 0.151. The highest BCUT2D eigenvalue weighted by atomic mass is 16.5. The Labute approximate surface area is 180 Å². The zero-order valence-corrected chi connectivity index (χ0v) is 17.7. The number of benzene rings is 1. The minimum atomic E-state index is -0.726. The van der Waals surface area contributed by atoms with Crippen LogP contribution in [0.3, 0.4) is 0 Å². The second-order valence-electron chi connectivity index (χ2n) is 7.40. The number of aromatic nitrogens is 3. The smallest absolute Gasteiger partial charge is 0.267 e. The summed E-state index contributed by atoms with van der Waals surface area (Å²) < 4.78 is 12.0. The highest BCUT2D eigenvalue weighted by molar-refractivity contribution is 5.80. The Bertz CT molecular complexity index is 1160. The average molecular weight is 420 g/mol. The van der Waals surface area contributed by atoms with Gasteiger partial charge in [0, 0.05) is 37.1 Å². The van der Waals surface area contributed by atoms with Crippen molar-refractivity contribution in [3.63, 3.8) is 0 Å². The third-order valence-electron chi connectivity index (χ3n) is 5.56. The van der Waals surface area contributed by atoms with Gasteiger partial charge in [-0.25, -0.2) is 4.68 Å². The predicted molar refractivity (Wildman–Crippen MR) is 115 cm³/mol. The molecule has 3 heterocycles. The van der Waals surface area contributed by atoms with Crippen molar-refractivity contribution in [3.05, 3.63) is 70.3 Å². The molecule has 1 amide bonds. The predicted octanol–water partition coefficient (Wildman–Crippen LogP) is 2.47. The lowest BCUT2D eigenvalue weighted by atomic mass is 9.98. The molecule has 1 aliphatic heterocycles. The highest BCUT2D eigenvalue weighted by Gasteiger charge is 2.28. The number of hydrogen-bond donors (Lipinski definition) is 0. The number of methoxy groups -OCH3 is 2. The fourth-order valence-electron chi connectivity index (χ4n) is 3.82. The molecule has 4 rings (SSSR count). The lowest BCUT2D eigenvalue weighted by molar-refractivity contribution is -0.135. The van der Waals surface area contributed by atoms with Crippen LogP contribution in [0.2, 0.25) is 0 Å². The molecule has 0 saturated heterocycles. The molecule has 3 aromatic rings. The third-order valence-corrected chi connectivity index (χ3v) is 5.56. The Hall–Kier alpha value is -3.68. The number of hydrogen-bond acceptors (Lipinski definition) is 6. The van der Waals surface area contributed by atoms with E-state index in [1.54, 1.807) is 44.5 Å². The van der Waals surface area contributed by atoms with Gasteiger partial charge in [0.15, 0.2) is 11.5 Å². The largest absolute Gasteiger partial charge is 0.493 e. The van der Waals surface area contributed by atoms with Crippen LogP contribution < -0.4 is 15.0 Å². The molecule has 1 atom stereocenters. The van der Waals surface area contributed by atoms with Gasteiger partial charge in [-0.15, -0.1) is 0 Å².